The first kappa shape index (κ1) is 13.5. The topological polar surface area (TPSA) is 66.8 Å². The number of nitrogens with zero attached hydrogens (tertiary/aromatic N) is 1. The van der Waals surface area contributed by atoms with E-state index in [0.29, 0.717) is 13.0 Å². The quantitative estimate of drug-likeness (QED) is 0.713. The molecule has 1 rings (SSSR count). The average molecular weight is 241 g/mol. The Labute approximate surface area is 101 Å². The maximum atomic E-state index is 11.9. The molecule has 0 saturated heterocycles. The fourth-order valence-electron chi connectivity index (χ4n) is 1.62. The number of hydrogen-bond acceptors (Lipinski definition) is 3. The molecule has 0 saturated carbocycles. The lowest BCUT2D eigenvalue weighted by Gasteiger charge is -2.38. The van der Waals surface area contributed by atoms with Crippen LogP contribution in [0.15, 0.2) is 12.2 Å². The molecule has 1 atom stereocenters. The van der Waals surface area contributed by atoms with E-state index in [1.165, 1.54) is 17.9 Å². The lowest BCUT2D eigenvalue weighted by Crippen LogP contribution is -2.56. The van der Waals surface area contributed by atoms with Crippen molar-refractivity contribution in [1.29, 1.82) is 0 Å². The average Bonchev–Trinajstić information content (AvgIpc) is 2.15. The van der Waals surface area contributed by atoms with Gasteiger partial charge in [0.05, 0.1) is 0 Å². The third-order valence-electron chi connectivity index (χ3n) is 2.57. The van der Waals surface area contributed by atoms with Crippen molar-refractivity contribution in [3.63, 3.8) is 0 Å². The van der Waals surface area contributed by atoms with Crippen molar-refractivity contribution in [2.45, 2.75) is 45.3 Å². The number of rotatable bonds is 1. The second-order valence-electron chi connectivity index (χ2n) is 5.28. The normalized spacial score (nSPS) is 24.6. The first-order chi connectivity index (χ1) is 7.67. The van der Waals surface area contributed by atoms with Gasteiger partial charge in [-0.3, -0.25) is 4.90 Å². The van der Waals surface area contributed by atoms with Gasteiger partial charge in [0, 0.05) is 6.54 Å². The van der Waals surface area contributed by atoms with Gasteiger partial charge in [-0.05, 0) is 34.1 Å². The van der Waals surface area contributed by atoms with Gasteiger partial charge >= 0.3 is 12.1 Å². The van der Waals surface area contributed by atoms with Crippen molar-refractivity contribution in [1.82, 2.24) is 4.90 Å². The number of hydrogen-bond donors (Lipinski definition) is 1. The molecule has 1 aliphatic heterocycles. The highest BCUT2D eigenvalue weighted by Gasteiger charge is 2.43. The van der Waals surface area contributed by atoms with Crippen LogP contribution in [0.2, 0.25) is 0 Å². The Hall–Kier alpha value is -1.52. The van der Waals surface area contributed by atoms with E-state index < -0.39 is 23.2 Å². The Kier molecular flexibility index (Phi) is 3.50. The van der Waals surface area contributed by atoms with E-state index in [2.05, 4.69) is 0 Å². The minimum absolute atomic E-state index is 0.355. The predicted molar refractivity (Wildman–Crippen MR) is 62.7 cm³/mol. The zero-order chi connectivity index (χ0) is 13.3. The van der Waals surface area contributed by atoms with Crippen molar-refractivity contribution in [3.8, 4) is 0 Å². The van der Waals surface area contributed by atoms with Gasteiger partial charge in [-0.15, -0.1) is 0 Å². The Balaban J connectivity index is 2.92. The summed E-state index contributed by atoms with van der Waals surface area (Å²) in [6, 6.07) is 0. The molecular formula is C12H19NO4. The van der Waals surface area contributed by atoms with Crippen molar-refractivity contribution in [3.05, 3.63) is 12.2 Å². The van der Waals surface area contributed by atoms with Crippen LogP contribution in [0.5, 0.6) is 0 Å². The second-order valence-corrected chi connectivity index (χ2v) is 5.28. The van der Waals surface area contributed by atoms with Crippen LogP contribution in [0.3, 0.4) is 0 Å². The van der Waals surface area contributed by atoms with Gasteiger partial charge in [0.2, 0.25) is 0 Å². The SMILES string of the molecule is CC(C)(C)OC(=O)N1CCC=CC1(C)C(=O)O. The Bertz CT molecular complexity index is 356. The van der Waals surface area contributed by atoms with Gasteiger partial charge < -0.3 is 9.84 Å². The molecule has 0 spiro atoms. The molecule has 17 heavy (non-hydrogen) atoms. The standard InChI is InChI=1S/C12H19NO4/c1-11(2,3)17-10(16)13-8-6-5-7-12(13,4)9(14)15/h5,7H,6,8H2,1-4H3,(H,14,15). The number of carbonyl (C=O) groups is 2. The molecule has 96 valence electrons. The number of carboxylic acid groups (broad SMARTS) is 1. The molecule has 0 aromatic rings. The van der Waals surface area contributed by atoms with E-state index in [-0.39, 0.29) is 0 Å². The van der Waals surface area contributed by atoms with E-state index in [9.17, 15) is 14.7 Å². The maximum absolute atomic E-state index is 11.9. The number of carbonyl (C=O) groups excluding carboxylic acids is 1. The Morgan fingerprint density at radius 2 is 2.00 bits per heavy atom. The van der Waals surface area contributed by atoms with Crippen LogP contribution in [-0.4, -0.2) is 39.8 Å². The van der Waals surface area contributed by atoms with E-state index in [4.69, 9.17) is 4.74 Å². The fourth-order valence-corrected chi connectivity index (χ4v) is 1.62. The van der Waals surface area contributed by atoms with Crippen LogP contribution < -0.4 is 0 Å². The van der Waals surface area contributed by atoms with Crippen LogP contribution in [-0.2, 0) is 9.53 Å². The molecular weight excluding hydrogens is 222 g/mol. The van der Waals surface area contributed by atoms with Gasteiger partial charge in [-0.2, -0.15) is 0 Å². The van der Waals surface area contributed by atoms with Crippen molar-refractivity contribution in [2.75, 3.05) is 6.54 Å². The van der Waals surface area contributed by atoms with E-state index in [1.807, 2.05) is 0 Å². The largest absolute Gasteiger partial charge is 0.479 e. The highest BCUT2D eigenvalue weighted by molar-refractivity contribution is 5.86. The molecule has 1 aliphatic rings. The lowest BCUT2D eigenvalue weighted by molar-refractivity contribution is -0.147. The molecule has 1 heterocycles. The summed E-state index contributed by atoms with van der Waals surface area (Å²) in [6.07, 6.45) is 3.35. The van der Waals surface area contributed by atoms with Gasteiger partial charge in [0.15, 0.2) is 5.54 Å². The Morgan fingerprint density at radius 3 is 2.47 bits per heavy atom. The van der Waals surface area contributed by atoms with Crippen LogP contribution in [0.1, 0.15) is 34.1 Å². The lowest BCUT2D eigenvalue weighted by atomic mass is 9.96. The third kappa shape index (κ3) is 2.99. The summed E-state index contributed by atoms with van der Waals surface area (Å²) in [5.41, 5.74) is -1.95. The number of aliphatic carboxylic acids is 1. The highest BCUT2D eigenvalue weighted by Crippen LogP contribution is 2.25. The van der Waals surface area contributed by atoms with E-state index >= 15 is 0 Å². The van der Waals surface area contributed by atoms with Gasteiger partial charge in [-0.1, -0.05) is 12.2 Å². The molecule has 5 nitrogen and oxygen atoms in total. The van der Waals surface area contributed by atoms with Crippen LogP contribution >= 0.6 is 0 Å². The monoisotopic (exact) mass is 241 g/mol. The van der Waals surface area contributed by atoms with Crippen LogP contribution in [0.25, 0.3) is 0 Å². The molecule has 1 unspecified atom stereocenters. The molecule has 0 aromatic carbocycles. The maximum Gasteiger partial charge on any atom is 0.411 e. The minimum Gasteiger partial charge on any atom is -0.479 e. The van der Waals surface area contributed by atoms with Crippen molar-refractivity contribution < 1.29 is 19.4 Å². The van der Waals surface area contributed by atoms with E-state index in [0.717, 1.165) is 0 Å². The minimum atomic E-state index is -1.32. The molecule has 0 aliphatic carbocycles. The number of amides is 1. The molecule has 0 radical (unpaired) electrons. The zero-order valence-electron chi connectivity index (χ0n) is 10.7. The first-order valence-corrected chi connectivity index (χ1v) is 5.58. The number of ether oxygens (including phenoxy) is 1. The Morgan fingerprint density at radius 1 is 1.41 bits per heavy atom. The fraction of sp³-hybridized carbons (Fsp3) is 0.667. The van der Waals surface area contributed by atoms with Gasteiger partial charge in [0.25, 0.3) is 0 Å². The molecule has 1 N–H and O–H groups in total. The third-order valence-corrected chi connectivity index (χ3v) is 2.57. The second kappa shape index (κ2) is 4.39. The van der Waals surface area contributed by atoms with Gasteiger partial charge in [-0.25, -0.2) is 9.59 Å². The molecule has 0 fully saturated rings. The molecule has 1 amide bonds. The smallest absolute Gasteiger partial charge is 0.411 e. The summed E-state index contributed by atoms with van der Waals surface area (Å²) in [5, 5.41) is 9.21. The van der Waals surface area contributed by atoms with Gasteiger partial charge in [0.1, 0.15) is 5.60 Å². The summed E-state index contributed by atoms with van der Waals surface area (Å²) >= 11 is 0. The summed E-state index contributed by atoms with van der Waals surface area (Å²) in [5.74, 6) is -1.06. The van der Waals surface area contributed by atoms with Crippen LogP contribution in [0, 0.1) is 0 Å². The van der Waals surface area contributed by atoms with Crippen molar-refractivity contribution in [2.24, 2.45) is 0 Å². The highest BCUT2D eigenvalue weighted by atomic mass is 16.6. The molecule has 0 bridgehead atoms. The number of carboxylic acids is 1. The van der Waals surface area contributed by atoms with Crippen LogP contribution in [0.4, 0.5) is 4.79 Å². The zero-order valence-corrected chi connectivity index (χ0v) is 10.7. The summed E-state index contributed by atoms with van der Waals surface area (Å²) < 4.78 is 5.21. The predicted octanol–water partition coefficient (Wildman–Crippen LogP) is 2.03. The molecule has 0 aromatic heterocycles. The van der Waals surface area contributed by atoms with Crippen molar-refractivity contribution >= 4 is 12.1 Å². The molecule has 5 heteroatoms. The summed E-state index contributed by atoms with van der Waals surface area (Å²) in [4.78, 5) is 24.4. The summed E-state index contributed by atoms with van der Waals surface area (Å²) in [6.45, 7) is 7.11. The summed E-state index contributed by atoms with van der Waals surface area (Å²) in [7, 11) is 0. The van der Waals surface area contributed by atoms with E-state index in [1.54, 1.807) is 26.8 Å². The first-order valence-electron chi connectivity index (χ1n) is 5.58.